The van der Waals surface area contributed by atoms with Crippen molar-refractivity contribution in [3.63, 3.8) is 0 Å². The quantitative estimate of drug-likeness (QED) is 0.0241. The number of nitrogens with zero attached hydrogens (tertiary/aromatic N) is 5. The van der Waals surface area contributed by atoms with Crippen molar-refractivity contribution in [1.29, 1.82) is 0 Å². The predicted molar refractivity (Wildman–Crippen MR) is 266 cm³/mol. The minimum absolute atomic E-state index is 0. The maximum Gasteiger partial charge on any atom is 0.270 e. The highest BCUT2D eigenvalue weighted by Gasteiger charge is 2.33. The van der Waals surface area contributed by atoms with Crippen LogP contribution in [0.3, 0.4) is 0 Å². The fourth-order valence-corrected chi connectivity index (χ4v) is 7.95. The molecule has 26 heteroatoms. The van der Waals surface area contributed by atoms with Gasteiger partial charge in [-0.1, -0.05) is 23.5 Å². The number of rotatable bonds is 13. The molecule has 19 nitrogen and oxygen atoms in total. The van der Waals surface area contributed by atoms with Crippen LogP contribution in [-0.2, 0) is 31.6 Å². The number of thioether (sulfide) groups is 2. The van der Waals surface area contributed by atoms with Crippen molar-refractivity contribution < 1.29 is 46.9 Å². The molecule has 380 valence electrons. The average molecular weight is 1040 g/mol. The molecule has 0 unspecified atom stereocenters. The Morgan fingerprint density at radius 2 is 1.03 bits per heavy atom. The van der Waals surface area contributed by atoms with Gasteiger partial charge < -0.3 is 43.2 Å². The largest absolute Gasteiger partial charge is 0.399 e. The normalized spacial score (nSPS) is 18.6. The van der Waals surface area contributed by atoms with Crippen LogP contribution in [0.5, 0.6) is 0 Å². The number of non-ortho nitro benzene ring substituents is 3. The summed E-state index contributed by atoms with van der Waals surface area (Å²) in [6.45, 7) is 6.33. The first-order chi connectivity index (χ1) is 32.1. The Morgan fingerprint density at radius 3 is 1.41 bits per heavy atom. The molecule has 0 saturated carbocycles. The van der Waals surface area contributed by atoms with Crippen LogP contribution in [0.2, 0.25) is 0 Å². The van der Waals surface area contributed by atoms with Crippen molar-refractivity contribution in [2.75, 3.05) is 26.6 Å². The summed E-state index contributed by atoms with van der Waals surface area (Å²) in [5.41, 5.74) is 25.3. The molecule has 4 aromatic carbocycles. The van der Waals surface area contributed by atoms with Crippen LogP contribution >= 0.6 is 35.9 Å². The van der Waals surface area contributed by atoms with E-state index in [2.05, 4.69) is 9.98 Å². The molecule has 0 radical (unpaired) electrons. The van der Waals surface area contributed by atoms with E-state index in [0.29, 0.717) is 21.6 Å². The van der Waals surface area contributed by atoms with E-state index in [1.54, 1.807) is 38.3 Å². The second-order valence-corrected chi connectivity index (χ2v) is 17.8. The number of halogens is 5. The first-order valence-electron chi connectivity index (χ1n) is 20.2. The van der Waals surface area contributed by atoms with Gasteiger partial charge in [0.2, 0.25) is 0 Å². The zero-order valence-electron chi connectivity index (χ0n) is 38.5. The molecule has 2 aliphatic rings. The zero-order valence-corrected chi connectivity index (χ0v) is 41.0. The van der Waals surface area contributed by atoms with E-state index < -0.39 is 60.7 Å². The standard InChI is InChI=1S/C12H17FN2O4.C11H10FN3O2S.C11H12FN3S.C10H13FN2O3.ClH/c1-12(14,7-11(18-2)19-3)9-6-8(15(16)17)4-5-10(9)13;1-11(4-5-18-10(13)14-11)8-6-7(15(16)17)2-3-9(8)12;1-11(4-5-16-10(14)15-11)8-6-7(13)2-3-9(8)12;1-10(12,4-5-14)8-6-7(13(15)16)2-3-9(8)11;/h4-6,11H,7,14H2,1-3H3;2-6H,1H3,(H2,13,14);2-6H,13H2,1H3,(H2,14,15);2-3,6,14H,4-5,12H2,1H3;1H/t12-;2*11-;10-;/m0000./s1. The van der Waals surface area contributed by atoms with E-state index in [-0.39, 0.29) is 71.4 Å². The number of aliphatic hydroxyl groups is 1. The molecule has 0 aromatic heterocycles. The molecule has 4 aromatic rings. The number of hydrogen-bond donors (Lipinski definition) is 6. The molecule has 2 aliphatic heterocycles. The molecule has 0 saturated heterocycles. The number of aliphatic imine (C=N–C) groups is 2. The van der Waals surface area contributed by atoms with Crippen LogP contribution < -0.4 is 28.7 Å². The maximum atomic E-state index is 13.8. The highest BCUT2D eigenvalue weighted by atomic mass is 35.5. The van der Waals surface area contributed by atoms with Crippen LogP contribution in [0.15, 0.2) is 106 Å². The van der Waals surface area contributed by atoms with Crippen LogP contribution in [-0.4, -0.2) is 57.3 Å². The third kappa shape index (κ3) is 16.2. The van der Waals surface area contributed by atoms with Gasteiger partial charge in [-0.05, 0) is 93.5 Å². The van der Waals surface area contributed by atoms with Gasteiger partial charge in [-0.3, -0.25) is 30.3 Å². The van der Waals surface area contributed by atoms with Crippen LogP contribution in [0.4, 0.5) is 40.3 Å². The molecule has 0 aliphatic carbocycles. The number of amidine groups is 2. The lowest BCUT2D eigenvalue weighted by Crippen LogP contribution is -2.39. The molecule has 4 atom stereocenters. The van der Waals surface area contributed by atoms with Crippen molar-refractivity contribution >= 4 is 69.0 Å². The summed E-state index contributed by atoms with van der Waals surface area (Å²) in [7, 11) is 2.88. The van der Waals surface area contributed by atoms with Gasteiger partial charge in [0.15, 0.2) is 16.6 Å². The van der Waals surface area contributed by atoms with Crippen LogP contribution in [0.1, 0.15) is 62.8 Å². The van der Waals surface area contributed by atoms with Gasteiger partial charge >= 0.3 is 0 Å². The van der Waals surface area contributed by atoms with Crippen molar-refractivity contribution in [2.45, 2.75) is 69.0 Å². The molecule has 0 bridgehead atoms. The number of nitrogens with two attached hydrogens (primary N) is 5. The lowest BCUT2D eigenvalue weighted by molar-refractivity contribution is -0.385. The van der Waals surface area contributed by atoms with E-state index in [9.17, 15) is 47.9 Å². The predicted octanol–water partition coefficient (Wildman–Crippen LogP) is 8.35. The number of anilines is 1. The molecule has 0 fully saturated rings. The summed E-state index contributed by atoms with van der Waals surface area (Å²) >= 11 is 2.54. The first-order valence-corrected chi connectivity index (χ1v) is 21.9. The van der Waals surface area contributed by atoms with E-state index >= 15 is 0 Å². The molecular formula is C44H53ClF4N10O9S2. The molecule has 11 N–H and O–H groups in total. The Hall–Kier alpha value is -6.19. The second-order valence-electron chi connectivity index (χ2n) is 16.0. The molecule has 0 amide bonds. The Bertz CT molecular complexity index is 2650. The van der Waals surface area contributed by atoms with Crippen LogP contribution in [0, 0.1) is 53.6 Å². The number of nitro benzene ring substituents is 3. The Kier molecular flexibility index (Phi) is 21.9. The summed E-state index contributed by atoms with van der Waals surface area (Å²) in [4.78, 5) is 38.6. The van der Waals surface area contributed by atoms with Crippen molar-refractivity contribution in [1.82, 2.24) is 0 Å². The fraction of sp³-hybridized carbons (Fsp3) is 0.318. The summed E-state index contributed by atoms with van der Waals surface area (Å²) < 4.78 is 64.8. The van der Waals surface area contributed by atoms with Crippen LogP contribution in [0.25, 0.3) is 0 Å². The van der Waals surface area contributed by atoms with Gasteiger partial charge in [-0.15, -0.1) is 12.4 Å². The highest BCUT2D eigenvalue weighted by molar-refractivity contribution is 8.16. The van der Waals surface area contributed by atoms with E-state index in [0.717, 1.165) is 48.5 Å². The summed E-state index contributed by atoms with van der Waals surface area (Å²) in [6.07, 6.45) is 3.15. The lowest BCUT2D eigenvalue weighted by atomic mass is 9.88. The van der Waals surface area contributed by atoms with E-state index in [4.69, 9.17) is 43.2 Å². The number of ether oxygens (including phenoxy) is 2. The molecule has 0 spiro atoms. The number of methoxy groups -OCH3 is 2. The summed E-state index contributed by atoms with van der Waals surface area (Å²) in [6, 6.07) is 14.3. The monoisotopic (exact) mass is 1040 g/mol. The minimum atomic E-state index is -1.15. The molecule has 2 heterocycles. The fourth-order valence-electron chi connectivity index (χ4n) is 6.52. The highest BCUT2D eigenvalue weighted by Crippen LogP contribution is 2.37. The average Bonchev–Trinajstić information content (AvgIpc) is 3.27. The van der Waals surface area contributed by atoms with E-state index in [1.165, 1.54) is 62.9 Å². The Balaban J connectivity index is 0.000000319. The lowest BCUT2D eigenvalue weighted by Gasteiger charge is -2.28. The molecular weight excluding hydrogens is 988 g/mol. The Labute approximate surface area is 414 Å². The molecule has 70 heavy (non-hydrogen) atoms. The van der Waals surface area contributed by atoms with Crippen molar-refractivity contribution in [3.05, 3.63) is 172 Å². The van der Waals surface area contributed by atoms with Gasteiger partial charge in [0, 0.05) is 103 Å². The van der Waals surface area contributed by atoms with Gasteiger partial charge in [0.25, 0.3) is 17.1 Å². The first kappa shape index (κ1) is 59.9. The van der Waals surface area contributed by atoms with Gasteiger partial charge in [0.05, 0.1) is 14.8 Å². The number of nitro groups is 3. The SMILES string of the molecule is COC(C[C@](C)(N)c1cc([N+](=O)[O-])ccc1F)OC.C[C@@]1(c2cc(N)ccc2F)C=CSC(N)=N1.C[C@@]1(c2cc([N+](=O)[O-])ccc2F)C=CSC(N)=N1.C[C@](N)(CCO)c1cc([N+](=O)[O-])ccc1F.Cl. The minimum Gasteiger partial charge on any atom is -0.399 e. The number of benzene rings is 4. The van der Waals surface area contributed by atoms with E-state index in [1.807, 2.05) is 11.5 Å². The number of nitrogen functional groups attached to an aromatic ring is 1. The number of aliphatic hydroxyl groups excluding tert-OH is 1. The van der Waals surface area contributed by atoms with Crippen molar-refractivity contribution in [3.8, 4) is 0 Å². The smallest absolute Gasteiger partial charge is 0.270 e. The zero-order chi connectivity index (χ0) is 52.1. The third-order valence-electron chi connectivity index (χ3n) is 10.4. The van der Waals surface area contributed by atoms with Gasteiger partial charge in [-0.25, -0.2) is 27.5 Å². The van der Waals surface area contributed by atoms with Gasteiger partial charge in [-0.2, -0.15) is 0 Å². The number of hydrogen-bond acceptors (Lipinski definition) is 18. The maximum absolute atomic E-state index is 13.8. The van der Waals surface area contributed by atoms with Gasteiger partial charge in [0.1, 0.15) is 34.3 Å². The van der Waals surface area contributed by atoms with Crippen molar-refractivity contribution in [2.24, 2.45) is 32.9 Å². The second kappa shape index (κ2) is 25.6. The third-order valence-corrected chi connectivity index (χ3v) is 11.6. The summed E-state index contributed by atoms with van der Waals surface area (Å²) in [5, 5.41) is 45.0. The Morgan fingerprint density at radius 1 is 0.657 bits per heavy atom. The summed E-state index contributed by atoms with van der Waals surface area (Å²) in [5.74, 6) is -2.08. The topological polar surface area (TPSA) is 323 Å². The molecule has 6 rings (SSSR count).